The normalized spacial score (nSPS) is 18.9. The summed E-state index contributed by atoms with van der Waals surface area (Å²) in [6.07, 6.45) is 1.04. The van der Waals surface area contributed by atoms with Gasteiger partial charge in [-0.15, -0.1) is 11.3 Å². The summed E-state index contributed by atoms with van der Waals surface area (Å²) in [6.45, 7) is 8.04. The number of β-amino-alcohol motifs (C(OH)–C–C–N with tert-alkyl or cyclic N) is 1. The molecule has 2 aromatic heterocycles. The van der Waals surface area contributed by atoms with E-state index in [0.29, 0.717) is 18.2 Å². The van der Waals surface area contributed by atoms with Crippen LogP contribution in [0, 0.1) is 19.8 Å². The number of oxazole rings is 1. The van der Waals surface area contributed by atoms with Crippen molar-refractivity contribution in [1.29, 1.82) is 0 Å². The van der Waals surface area contributed by atoms with Crippen LogP contribution in [-0.4, -0.2) is 50.5 Å². The van der Waals surface area contributed by atoms with Crippen molar-refractivity contribution in [3.63, 3.8) is 0 Å². The van der Waals surface area contributed by atoms with Gasteiger partial charge in [0.2, 0.25) is 17.7 Å². The number of aromatic nitrogens is 2. The molecule has 0 aliphatic carbocycles. The van der Waals surface area contributed by atoms with Crippen LogP contribution < -0.4 is 5.32 Å². The second-order valence-corrected chi connectivity index (χ2v) is 9.96. The van der Waals surface area contributed by atoms with Gasteiger partial charge in [0.25, 0.3) is 0 Å². The number of hydrogen-bond donors (Lipinski definition) is 2. The van der Waals surface area contributed by atoms with E-state index in [0.717, 1.165) is 21.7 Å². The number of likely N-dealkylation sites (tertiary alicyclic amines) is 1. The first-order chi connectivity index (χ1) is 16.2. The number of carbonyl (C=O) groups excluding carboxylic acids is 2. The average molecular weight is 483 g/mol. The molecule has 4 rings (SSSR count). The minimum absolute atomic E-state index is 0.0762. The van der Waals surface area contributed by atoms with Crippen LogP contribution in [0.4, 0.5) is 0 Å². The lowest BCUT2D eigenvalue weighted by molar-refractivity contribution is -0.141. The Morgan fingerprint density at radius 1 is 1.24 bits per heavy atom. The van der Waals surface area contributed by atoms with Gasteiger partial charge in [0.05, 0.1) is 28.4 Å². The lowest BCUT2D eigenvalue weighted by Crippen LogP contribution is -2.48. The van der Waals surface area contributed by atoms with E-state index in [1.54, 1.807) is 24.5 Å². The molecule has 0 bridgehead atoms. The molecule has 1 saturated heterocycles. The van der Waals surface area contributed by atoms with E-state index in [9.17, 15) is 14.7 Å². The van der Waals surface area contributed by atoms with Crippen LogP contribution in [0.2, 0.25) is 0 Å². The lowest BCUT2D eigenvalue weighted by Gasteiger charge is -2.28. The standard InChI is InChI=1S/C25H30N4O4S/c1-14(2)21(24-27-10-15(3)33-24)25(32)29-12-19(30)9-20(29)23(31)26-11-17-5-7-18(8-6-17)22-16(4)28-13-34-22/h5-8,10,13-14,19-21,30H,9,11-12H2,1-4H3,(H,26,31)/t19-,20+,21-/m1/s1. The van der Waals surface area contributed by atoms with Crippen LogP contribution >= 0.6 is 11.3 Å². The van der Waals surface area contributed by atoms with Gasteiger partial charge in [-0.2, -0.15) is 0 Å². The monoisotopic (exact) mass is 482 g/mol. The molecule has 2 amide bonds. The van der Waals surface area contributed by atoms with E-state index in [1.807, 2.05) is 50.5 Å². The highest BCUT2D eigenvalue weighted by molar-refractivity contribution is 7.13. The Bertz CT molecular complexity index is 1150. The van der Waals surface area contributed by atoms with Crippen molar-refractivity contribution in [3.05, 3.63) is 58.9 Å². The first-order valence-corrected chi connectivity index (χ1v) is 12.3. The molecule has 0 spiro atoms. The van der Waals surface area contributed by atoms with E-state index < -0.39 is 18.1 Å². The van der Waals surface area contributed by atoms with Crippen LogP contribution in [0.1, 0.15) is 49.1 Å². The maximum absolute atomic E-state index is 13.4. The van der Waals surface area contributed by atoms with Crippen LogP contribution in [-0.2, 0) is 16.1 Å². The Kier molecular flexibility index (Phi) is 7.13. The van der Waals surface area contributed by atoms with Gasteiger partial charge in [0, 0.05) is 19.5 Å². The Morgan fingerprint density at radius 3 is 2.56 bits per heavy atom. The fraction of sp³-hybridized carbons (Fsp3) is 0.440. The van der Waals surface area contributed by atoms with Gasteiger partial charge in [-0.1, -0.05) is 38.1 Å². The predicted octanol–water partition coefficient (Wildman–Crippen LogP) is 3.43. The molecule has 1 aliphatic rings. The molecule has 9 heteroatoms. The van der Waals surface area contributed by atoms with Crippen molar-refractivity contribution in [1.82, 2.24) is 20.2 Å². The summed E-state index contributed by atoms with van der Waals surface area (Å²) in [4.78, 5) is 37.6. The summed E-state index contributed by atoms with van der Waals surface area (Å²) < 4.78 is 5.63. The maximum Gasteiger partial charge on any atom is 0.243 e. The minimum Gasteiger partial charge on any atom is -0.445 e. The van der Waals surface area contributed by atoms with Gasteiger partial charge < -0.3 is 19.7 Å². The number of aryl methyl sites for hydroxylation is 2. The van der Waals surface area contributed by atoms with Crippen molar-refractivity contribution in [3.8, 4) is 10.4 Å². The lowest BCUT2D eigenvalue weighted by atomic mass is 9.93. The second kappa shape index (κ2) is 10.1. The van der Waals surface area contributed by atoms with Gasteiger partial charge in [0.1, 0.15) is 17.7 Å². The molecule has 0 unspecified atom stereocenters. The maximum atomic E-state index is 13.4. The van der Waals surface area contributed by atoms with Gasteiger partial charge in [-0.3, -0.25) is 9.59 Å². The summed E-state index contributed by atoms with van der Waals surface area (Å²) >= 11 is 1.60. The first kappa shape index (κ1) is 24.1. The molecular formula is C25H30N4O4S. The summed E-state index contributed by atoms with van der Waals surface area (Å²) in [5.74, 6) is -0.254. The summed E-state index contributed by atoms with van der Waals surface area (Å²) in [6, 6.07) is 7.24. The quantitative estimate of drug-likeness (QED) is 0.534. The molecule has 8 nitrogen and oxygen atoms in total. The molecule has 34 heavy (non-hydrogen) atoms. The van der Waals surface area contributed by atoms with Crippen molar-refractivity contribution >= 4 is 23.2 Å². The molecule has 1 aliphatic heterocycles. The predicted molar refractivity (Wildman–Crippen MR) is 129 cm³/mol. The molecule has 2 N–H and O–H groups in total. The number of hydrogen-bond acceptors (Lipinski definition) is 7. The highest BCUT2D eigenvalue weighted by Gasteiger charge is 2.43. The third-order valence-electron chi connectivity index (χ3n) is 6.13. The highest BCUT2D eigenvalue weighted by atomic mass is 32.1. The third-order valence-corrected chi connectivity index (χ3v) is 7.11. The zero-order valence-electron chi connectivity index (χ0n) is 19.8. The Hall–Kier alpha value is -3.04. The van der Waals surface area contributed by atoms with Gasteiger partial charge in [0.15, 0.2) is 0 Å². The molecule has 0 radical (unpaired) electrons. The fourth-order valence-electron chi connectivity index (χ4n) is 4.34. The number of aliphatic hydroxyl groups is 1. The summed E-state index contributed by atoms with van der Waals surface area (Å²) in [7, 11) is 0. The number of carbonyl (C=O) groups is 2. The number of nitrogens with one attached hydrogen (secondary N) is 1. The van der Waals surface area contributed by atoms with E-state index in [-0.39, 0.29) is 30.7 Å². The molecule has 0 saturated carbocycles. The van der Waals surface area contributed by atoms with Crippen molar-refractivity contribution in [2.45, 2.75) is 58.7 Å². The molecule has 180 valence electrons. The van der Waals surface area contributed by atoms with Crippen molar-refractivity contribution in [2.24, 2.45) is 5.92 Å². The van der Waals surface area contributed by atoms with Gasteiger partial charge in [-0.05, 0) is 30.9 Å². The number of rotatable bonds is 7. The fourth-order valence-corrected chi connectivity index (χ4v) is 5.15. The first-order valence-electron chi connectivity index (χ1n) is 11.4. The number of thiazole rings is 1. The molecule has 3 atom stereocenters. The van der Waals surface area contributed by atoms with E-state index in [4.69, 9.17) is 4.42 Å². The number of benzene rings is 1. The van der Waals surface area contributed by atoms with E-state index >= 15 is 0 Å². The summed E-state index contributed by atoms with van der Waals surface area (Å²) in [5, 5.41) is 13.2. The molecule has 3 heterocycles. The zero-order chi connectivity index (χ0) is 24.4. The molecule has 1 aromatic carbocycles. The highest BCUT2D eigenvalue weighted by Crippen LogP contribution is 2.31. The number of nitrogens with zero attached hydrogens (tertiary/aromatic N) is 3. The largest absolute Gasteiger partial charge is 0.445 e. The second-order valence-electron chi connectivity index (χ2n) is 9.11. The van der Waals surface area contributed by atoms with Crippen LogP contribution in [0.25, 0.3) is 10.4 Å². The Morgan fingerprint density at radius 2 is 1.97 bits per heavy atom. The topological polar surface area (TPSA) is 109 Å². The molecule has 3 aromatic rings. The van der Waals surface area contributed by atoms with Crippen LogP contribution in [0.3, 0.4) is 0 Å². The minimum atomic E-state index is -0.749. The average Bonchev–Trinajstić information content (AvgIpc) is 3.52. The Labute approximate surface area is 203 Å². The van der Waals surface area contributed by atoms with E-state index in [2.05, 4.69) is 15.3 Å². The smallest absolute Gasteiger partial charge is 0.243 e. The number of amides is 2. The third kappa shape index (κ3) is 5.05. The molecule has 1 fully saturated rings. The van der Waals surface area contributed by atoms with Crippen molar-refractivity contribution < 1.29 is 19.1 Å². The zero-order valence-corrected chi connectivity index (χ0v) is 20.6. The summed E-state index contributed by atoms with van der Waals surface area (Å²) in [5.41, 5.74) is 4.86. The SMILES string of the molecule is Cc1cnc([C@H](C(=O)N2C[C@H](O)C[C@H]2C(=O)NCc2ccc(-c3scnc3C)cc2)C(C)C)o1. The van der Waals surface area contributed by atoms with Crippen molar-refractivity contribution in [2.75, 3.05) is 6.54 Å². The van der Waals surface area contributed by atoms with Crippen LogP contribution in [0.15, 0.2) is 40.4 Å². The van der Waals surface area contributed by atoms with Crippen LogP contribution in [0.5, 0.6) is 0 Å². The van der Waals surface area contributed by atoms with Gasteiger partial charge >= 0.3 is 0 Å². The van der Waals surface area contributed by atoms with E-state index in [1.165, 1.54) is 4.90 Å². The molecular weight excluding hydrogens is 452 g/mol. The van der Waals surface area contributed by atoms with Gasteiger partial charge in [-0.25, -0.2) is 9.97 Å². The number of aliphatic hydroxyl groups excluding tert-OH is 1. The Balaban J connectivity index is 1.43.